The SMILES string of the molecule is CCCC(=O)Nc1ccc(C(=O)COC(=O)[C@@H](C)Oc2ccc(F)cc2)cc1. The highest BCUT2D eigenvalue weighted by Crippen LogP contribution is 2.14. The molecular weight excluding hydrogens is 365 g/mol. The Hall–Kier alpha value is -3.22. The standard InChI is InChI=1S/C21H22FNO5/c1-3-4-20(25)23-17-9-5-15(6-10-17)19(24)13-27-21(26)14(2)28-18-11-7-16(22)8-12-18/h5-12,14H,3-4,13H2,1-2H3,(H,23,25)/t14-/m1/s1. The van der Waals surface area contributed by atoms with Crippen LogP contribution in [0, 0.1) is 5.82 Å². The third-order valence-corrected chi connectivity index (χ3v) is 3.77. The van der Waals surface area contributed by atoms with Crippen LogP contribution in [0.25, 0.3) is 0 Å². The number of carbonyl (C=O) groups excluding carboxylic acids is 3. The van der Waals surface area contributed by atoms with E-state index in [0.29, 0.717) is 23.4 Å². The van der Waals surface area contributed by atoms with Gasteiger partial charge in [-0.1, -0.05) is 6.92 Å². The molecule has 0 saturated carbocycles. The molecule has 0 fully saturated rings. The molecule has 7 heteroatoms. The van der Waals surface area contributed by atoms with Crippen LogP contribution in [0.15, 0.2) is 48.5 Å². The van der Waals surface area contributed by atoms with Gasteiger partial charge in [-0.25, -0.2) is 9.18 Å². The van der Waals surface area contributed by atoms with Gasteiger partial charge < -0.3 is 14.8 Å². The highest BCUT2D eigenvalue weighted by atomic mass is 19.1. The van der Waals surface area contributed by atoms with Gasteiger partial charge >= 0.3 is 5.97 Å². The van der Waals surface area contributed by atoms with Crippen LogP contribution in [0.2, 0.25) is 0 Å². The Labute approximate surface area is 162 Å². The number of ketones is 1. The Morgan fingerprint density at radius 2 is 1.68 bits per heavy atom. The summed E-state index contributed by atoms with van der Waals surface area (Å²) < 4.78 is 23.2. The molecule has 0 spiro atoms. The molecule has 148 valence electrons. The summed E-state index contributed by atoms with van der Waals surface area (Å²) in [5, 5.41) is 2.73. The summed E-state index contributed by atoms with van der Waals surface area (Å²) in [6, 6.07) is 11.5. The van der Waals surface area contributed by atoms with E-state index in [2.05, 4.69) is 5.32 Å². The van der Waals surface area contributed by atoms with E-state index in [4.69, 9.17) is 9.47 Å². The molecular formula is C21H22FNO5. The van der Waals surface area contributed by atoms with Crippen molar-refractivity contribution in [3.8, 4) is 5.75 Å². The van der Waals surface area contributed by atoms with Gasteiger partial charge in [0.25, 0.3) is 0 Å². The van der Waals surface area contributed by atoms with Gasteiger partial charge in [-0.05, 0) is 61.9 Å². The molecule has 0 aliphatic rings. The Kier molecular flexibility index (Phi) is 7.68. The van der Waals surface area contributed by atoms with E-state index >= 15 is 0 Å². The zero-order valence-electron chi connectivity index (χ0n) is 15.7. The van der Waals surface area contributed by atoms with Gasteiger partial charge in [-0.2, -0.15) is 0 Å². The highest BCUT2D eigenvalue weighted by Gasteiger charge is 2.18. The van der Waals surface area contributed by atoms with Crippen molar-refractivity contribution >= 4 is 23.3 Å². The third-order valence-electron chi connectivity index (χ3n) is 3.77. The summed E-state index contributed by atoms with van der Waals surface area (Å²) in [5.74, 6) is -1.28. The molecule has 0 aliphatic carbocycles. The second-order valence-corrected chi connectivity index (χ2v) is 6.12. The Morgan fingerprint density at radius 1 is 1.04 bits per heavy atom. The number of carbonyl (C=O) groups is 3. The van der Waals surface area contributed by atoms with Crippen LogP contribution in [0.1, 0.15) is 37.0 Å². The molecule has 0 unspecified atom stereocenters. The summed E-state index contributed by atoms with van der Waals surface area (Å²) >= 11 is 0. The molecule has 2 rings (SSSR count). The number of rotatable bonds is 9. The maximum Gasteiger partial charge on any atom is 0.347 e. The molecule has 0 saturated heterocycles. The Bertz CT molecular complexity index is 818. The van der Waals surface area contributed by atoms with E-state index in [1.54, 1.807) is 24.3 Å². The largest absolute Gasteiger partial charge is 0.479 e. The van der Waals surface area contributed by atoms with E-state index < -0.39 is 24.5 Å². The van der Waals surface area contributed by atoms with Gasteiger partial charge in [-0.3, -0.25) is 9.59 Å². The van der Waals surface area contributed by atoms with Crippen LogP contribution < -0.4 is 10.1 Å². The van der Waals surface area contributed by atoms with Gasteiger partial charge in [-0.15, -0.1) is 0 Å². The maximum atomic E-state index is 12.9. The second kappa shape index (κ2) is 10.2. The molecule has 0 aliphatic heterocycles. The van der Waals surface area contributed by atoms with Gasteiger partial charge in [0.05, 0.1) is 0 Å². The van der Waals surface area contributed by atoms with Crippen molar-refractivity contribution in [1.29, 1.82) is 0 Å². The molecule has 6 nitrogen and oxygen atoms in total. The Morgan fingerprint density at radius 3 is 2.29 bits per heavy atom. The summed E-state index contributed by atoms with van der Waals surface area (Å²) in [5.41, 5.74) is 0.946. The topological polar surface area (TPSA) is 81.7 Å². The van der Waals surface area contributed by atoms with Crippen LogP contribution in [-0.2, 0) is 14.3 Å². The molecule has 0 heterocycles. The molecule has 0 radical (unpaired) electrons. The lowest BCUT2D eigenvalue weighted by Crippen LogP contribution is -2.28. The minimum atomic E-state index is -0.950. The third kappa shape index (κ3) is 6.50. The lowest BCUT2D eigenvalue weighted by molar-refractivity contribution is -0.149. The van der Waals surface area contributed by atoms with E-state index in [-0.39, 0.29) is 11.7 Å². The Balaban J connectivity index is 1.82. The van der Waals surface area contributed by atoms with Gasteiger partial charge in [0.1, 0.15) is 11.6 Å². The molecule has 28 heavy (non-hydrogen) atoms. The van der Waals surface area contributed by atoms with E-state index in [9.17, 15) is 18.8 Å². The number of halogens is 1. The smallest absolute Gasteiger partial charge is 0.347 e. The lowest BCUT2D eigenvalue weighted by Gasteiger charge is -2.13. The van der Waals surface area contributed by atoms with Crippen LogP contribution >= 0.6 is 0 Å². The first kappa shape index (κ1) is 21.1. The summed E-state index contributed by atoms with van der Waals surface area (Å²) in [4.78, 5) is 35.7. The number of anilines is 1. The number of benzene rings is 2. The first-order valence-electron chi connectivity index (χ1n) is 8.91. The van der Waals surface area contributed by atoms with E-state index in [1.807, 2.05) is 6.92 Å². The van der Waals surface area contributed by atoms with Crippen molar-refractivity contribution in [2.75, 3.05) is 11.9 Å². The molecule has 1 amide bonds. The molecule has 1 N–H and O–H groups in total. The number of nitrogens with one attached hydrogen (secondary N) is 1. The minimum absolute atomic E-state index is 0.0920. The summed E-state index contributed by atoms with van der Waals surface area (Å²) in [6.07, 6.45) is 0.223. The zero-order chi connectivity index (χ0) is 20.5. The number of Topliss-reactive ketones (excluding diaryl/α,β-unsaturated/α-hetero) is 1. The van der Waals surface area contributed by atoms with Crippen molar-refractivity contribution < 1.29 is 28.2 Å². The monoisotopic (exact) mass is 387 g/mol. The zero-order valence-corrected chi connectivity index (χ0v) is 15.7. The molecule has 1 atom stereocenters. The normalized spacial score (nSPS) is 11.4. The number of hydrogen-bond donors (Lipinski definition) is 1. The number of esters is 1. The average Bonchev–Trinajstić information content (AvgIpc) is 2.68. The van der Waals surface area contributed by atoms with Crippen LogP contribution in [0.4, 0.5) is 10.1 Å². The van der Waals surface area contributed by atoms with Gasteiger partial charge in [0.15, 0.2) is 18.5 Å². The van der Waals surface area contributed by atoms with Gasteiger partial charge in [0, 0.05) is 17.7 Å². The molecule has 0 aromatic heterocycles. The maximum absolute atomic E-state index is 12.9. The van der Waals surface area contributed by atoms with Gasteiger partial charge in [0.2, 0.25) is 5.91 Å². The van der Waals surface area contributed by atoms with Crippen molar-refractivity contribution in [1.82, 2.24) is 0 Å². The van der Waals surface area contributed by atoms with Crippen LogP contribution in [-0.4, -0.2) is 30.4 Å². The predicted molar refractivity (Wildman–Crippen MR) is 102 cm³/mol. The molecule has 2 aromatic carbocycles. The first-order chi connectivity index (χ1) is 13.4. The molecule has 0 bridgehead atoms. The highest BCUT2D eigenvalue weighted by molar-refractivity contribution is 5.99. The first-order valence-corrected chi connectivity index (χ1v) is 8.91. The van der Waals surface area contributed by atoms with E-state index in [0.717, 1.165) is 6.42 Å². The van der Waals surface area contributed by atoms with Crippen molar-refractivity contribution in [3.05, 3.63) is 59.9 Å². The minimum Gasteiger partial charge on any atom is -0.479 e. The van der Waals surface area contributed by atoms with Crippen molar-refractivity contribution in [2.45, 2.75) is 32.8 Å². The molecule has 2 aromatic rings. The summed E-state index contributed by atoms with van der Waals surface area (Å²) in [7, 11) is 0. The fourth-order valence-electron chi connectivity index (χ4n) is 2.29. The predicted octanol–water partition coefficient (Wildman–Crippen LogP) is 3.76. The second-order valence-electron chi connectivity index (χ2n) is 6.12. The van der Waals surface area contributed by atoms with Crippen molar-refractivity contribution in [2.24, 2.45) is 0 Å². The fourth-order valence-corrected chi connectivity index (χ4v) is 2.29. The van der Waals surface area contributed by atoms with Crippen LogP contribution in [0.5, 0.6) is 5.75 Å². The fraction of sp³-hybridized carbons (Fsp3) is 0.286. The number of ether oxygens (including phenoxy) is 2. The van der Waals surface area contributed by atoms with E-state index in [1.165, 1.54) is 31.2 Å². The average molecular weight is 387 g/mol. The van der Waals surface area contributed by atoms with Crippen LogP contribution in [0.3, 0.4) is 0 Å². The van der Waals surface area contributed by atoms with Crippen molar-refractivity contribution in [3.63, 3.8) is 0 Å². The quantitative estimate of drug-likeness (QED) is 0.523. The summed E-state index contributed by atoms with van der Waals surface area (Å²) in [6.45, 7) is 2.95. The lowest BCUT2D eigenvalue weighted by atomic mass is 10.1. The number of amides is 1. The number of hydrogen-bond acceptors (Lipinski definition) is 5.